The highest BCUT2D eigenvalue weighted by Gasteiger charge is 2.20. The Morgan fingerprint density at radius 3 is 2.93 bits per heavy atom. The lowest BCUT2D eigenvalue weighted by atomic mass is 10.0. The Bertz CT molecular complexity index is 289. The number of hydrogen-bond donors (Lipinski definition) is 1. The van der Waals surface area contributed by atoms with Crippen molar-refractivity contribution in [3.05, 3.63) is 11.6 Å². The quantitative estimate of drug-likeness (QED) is 0.783. The van der Waals surface area contributed by atoms with Crippen molar-refractivity contribution in [3.63, 3.8) is 0 Å². The SMILES string of the molecule is CC(C)c1n[nH]c(C2CCCOC2)n1. The maximum atomic E-state index is 5.42. The van der Waals surface area contributed by atoms with Gasteiger partial charge in [-0.2, -0.15) is 5.10 Å². The normalized spacial score (nSPS) is 22.9. The molecule has 14 heavy (non-hydrogen) atoms. The Balaban J connectivity index is 2.07. The van der Waals surface area contributed by atoms with Crippen molar-refractivity contribution in [2.45, 2.75) is 38.5 Å². The molecular weight excluding hydrogens is 178 g/mol. The molecule has 1 fully saturated rings. The van der Waals surface area contributed by atoms with Gasteiger partial charge in [0.15, 0.2) is 5.82 Å². The van der Waals surface area contributed by atoms with Crippen LogP contribution >= 0.6 is 0 Å². The average Bonchev–Trinajstić information content (AvgIpc) is 2.68. The van der Waals surface area contributed by atoms with Crippen molar-refractivity contribution < 1.29 is 4.74 Å². The van der Waals surface area contributed by atoms with Crippen LogP contribution in [0.1, 0.15) is 50.2 Å². The average molecular weight is 195 g/mol. The first-order valence-electron chi connectivity index (χ1n) is 5.27. The standard InChI is InChI=1S/C10H17N3O/c1-7(2)9-11-10(13-12-9)8-4-3-5-14-6-8/h7-8H,3-6H2,1-2H3,(H,11,12,13). The van der Waals surface area contributed by atoms with E-state index in [0.29, 0.717) is 11.8 Å². The Labute approximate surface area is 84.1 Å². The summed E-state index contributed by atoms with van der Waals surface area (Å²) in [4.78, 5) is 4.49. The molecule has 1 aromatic heterocycles. The molecule has 2 rings (SSSR count). The number of hydrogen-bond acceptors (Lipinski definition) is 3. The van der Waals surface area contributed by atoms with E-state index in [1.54, 1.807) is 0 Å². The van der Waals surface area contributed by atoms with Gasteiger partial charge in [-0.3, -0.25) is 5.10 Å². The van der Waals surface area contributed by atoms with E-state index in [2.05, 4.69) is 29.0 Å². The van der Waals surface area contributed by atoms with E-state index < -0.39 is 0 Å². The van der Waals surface area contributed by atoms with Gasteiger partial charge in [0.25, 0.3) is 0 Å². The predicted molar refractivity (Wildman–Crippen MR) is 53.3 cm³/mol. The molecule has 1 unspecified atom stereocenters. The van der Waals surface area contributed by atoms with E-state index in [4.69, 9.17) is 4.74 Å². The van der Waals surface area contributed by atoms with Gasteiger partial charge in [-0.1, -0.05) is 13.8 Å². The van der Waals surface area contributed by atoms with Crippen LogP contribution in [0.25, 0.3) is 0 Å². The molecule has 1 N–H and O–H groups in total. The first-order valence-corrected chi connectivity index (χ1v) is 5.27. The fraction of sp³-hybridized carbons (Fsp3) is 0.800. The fourth-order valence-corrected chi connectivity index (χ4v) is 1.69. The van der Waals surface area contributed by atoms with E-state index >= 15 is 0 Å². The molecule has 0 bridgehead atoms. The summed E-state index contributed by atoms with van der Waals surface area (Å²) in [7, 11) is 0. The van der Waals surface area contributed by atoms with Crippen molar-refractivity contribution in [2.24, 2.45) is 0 Å². The number of nitrogens with zero attached hydrogens (tertiary/aromatic N) is 2. The van der Waals surface area contributed by atoms with Gasteiger partial charge in [-0.05, 0) is 12.8 Å². The second-order valence-electron chi connectivity index (χ2n) is 4.15. The Kier molecular flexibility index (Phi) is 2.82. The molecule has 1 aliphatic rings. The second kappa shape index (κ2) is 4.09. The van der Waals surface area contributed by atoms with E-state index in [-0.39, 0.29) is 0 Å². The third kappa shape index (κ3) is 1.95. The van der Waals surface area contributed by atoms with Gasteiger partial charge in [0.05, 0.1) is 6.61 Å². The summed E-state index contributed by atoms with van der Waals surface area (Å²) in [6.45, 7) is 5.88. The maximum Gasteiger partial charge on any atom is 0.153 e. The van der Waals surface area contributed by atoms with Crippen molar-refractivity contribution in [1.82, 2.24) is 15.2 Å². The monoisotopic (exact) mass is 195 g/mol. The van der Waals surface area contributed by atoms with Crippen LogP contribution in [0.3, 0.4) is 0 Å². The minimum Gasteiger partial charge on any atom is -0.381 e. The highest BCUT2D eigenvalue weighted by atomic mass is 16.5. The van der Waals surface area contributed by atoms with Gasteiger partial charge in [0, 0.05) is 18.4 Å². The largest absolute Gasteiger partial charge is 0.381 e. The van der Waals surface area contributed by atoms with Crippen molar-refractivity contribution in [3.8, 4) is 0 Å². The first kappa shape index (κ1) is 9.65. The van der Waals surface area contributed by atoms with Crippen LogP contribution in [0, 0.1) is 0 Å². The minimum absolute atomic E-state index is 0.393. The minimum atomic E-state index is 0.393. The van der Waals surface area contributed by atoms with E-state index in [1.165, 1.54) is 0 Å². The van der Waals surface area contributed by atoms with E-state index in [1.807, 2.05) is 0 Å². The number of H-pyrrole nitrogens is 1. The fourth-order valence-electron chi connectivity index (χ4n) is 1.69. The van der Waals surface area contributed by atoms with Crippen molar-refractivity contribution in [2.75, 3.05) is 13.2 Å². The third-order valence-corrected chi connectivity index (χ3v) is 2.58. The van der Waals surface area contributed by atoms with Gasteiger partial charge >= 0.3 is 0 Å². The summed E-state index contributed by atoms with van der Waals surface area (Å²) in [5.41, 5.74) is 0. The first-order chi connectivity index (χ1) is 6.77. The van der Waals surface area contributed by atoms with Crippen LogP contribution < -0.4 is 0 Å². The van der Waals surface area contributed by atoms with Gasteiger partial charge in [0.1, 0.15) is 5.82 Å². The number of nitrogens with one attached hydrogen (secondary N) is 1. The molecule has 4 nitrogen and oxygen atoms in total. The molecule has 0 spiro atoms. The molecule has 0 saturated carbocycles. The molecule has 4 heteroatoms. The van der Waals surface area contributed by atoms with Crippen LogP contribution in [0.15, 0.2) is 0 Å². The Morgan fingerprint density at radius 2 is 2.36 bits per heavy atom. The lowest BCUT2D eigenvalue weighted by Crippen LogP contribution is -2.16. The molecule has 0 amide bonds. The number of aromatic nitrogens is 3. The Hall–Kier alpha value is -0.900. The molecular formula is C10H17N3O. The molecule has 1 saturated heterocycles. The van der Waals surface area contributed by atoms with Crippen LogP contribution in [-0.4, -0.2) is 28.4 Å². The summed E-state index contributed by atoms with van der Waals surface area (Å²) in [6, 6.07) is 0. The summed E-state index contributed by atoms with van der Waals surface area (Å²) >= 11 is 0. The van der Waals surface area contributed by atoms with E-state index in [9.17, 15) is 0 Å². The zero-order valence-electron chi connectivity index (χ0n) is 8.79. The highest BCUT2D eigenvalue weighted by Crippen LogP contribution is 2.23. The lowest BCUT2D eigenvalue weighted by Gasteiger charge is -2.19. The number of aromatic amines is 1. The van der Waals surface area contributed by atoms with Gasteiger partial charge in [-0.25, -0.2) is 4.98 Å². The lowest BCUT2D eigenvalue weighted by molar-refractivity contribution is 0.0781. The molecule has 0 radical (unpaired) electrons. The molecule has 0 aromatic carbocycles. The zero-order valence-corrected chi connectivity index (χ0v) is 8.79. The second-order valence-corrected chi connectivity index (χ2v) is 4.15. The summed E-state index contributed by atoms with van der Waals surface area (Å²) < 4.78 is 5.42. The molecule has 2 heterocycles. The van der Waals surface area contributed by atoms with Crippen molar-refractivity contribution >= 4 is 0 Å². The van der Waals surface area contributed by atoms with Crippen molar-refractivity contribution in [1.29, 1.82) is 0 Å². The van der Waals surface area contributed by atoms with Gasteiger partial charge < -0.3 is 4.74 Å². The zero-order chi connectivity index (χ0) is 9.97. The van der Waals surface area contributed by atoms with E-state index in [0.717, 1.165) is 37.7 Å². The molecule has 1 aromatic rings. The maximum absolute atomic E-state index is 5.42. The number of ether oxygens (including phenoxy) is 1. The Morgan fingerprint density at radius 1 is 1.50 bits per heavy atom. The van der Waals surface area contributed by atoms with Crippen LogP contribution in [0.4, 0.5) is 0 Å². The van der Waals surface area contributed by atoms with Gasteiger partial charge in [-0.15, -0.1) is 0 Å². The predicted octanol–water partition coefficient (Wildman–Crippen LogP) is 1.82. The highest BCUT2D eigenvalue weighted by molar-refractivity contribution is 5.01. The smallest absolute Gasteiger partial charge is 0.153 e. The molecule has 0 aliphatic carbocycles. The summed E-state index contributed by atoms with van der Waals surface area (Å²) in [6.07, 6.45) is 2.29. The summed E-state index contributed by atoms with van der Waals surface area (Å²) in [5.74, 6) is 2.72. The number of rotatable bonds is 2. The topological polar surface area (TPSA) is 50.8 Å². The third-order valence-electron chi connectivity index (χ3n) is 2.58. The molecule has 1 aliphatic heterocycles. The van der Waals surface area contributed by atoms with Gasteiger partial charge in [0.2, 0.25) is 0 Å². The summed E-state index contributed by atoms with van der Waals surface area (Å²) in [5, 5.41) is 7.21. The van der Waals surface area contributed by atoms with Crippen LogP contribution in [-0.2, 0) is 4.74 Å². The molecule has 78 valence electrons. The van der Waals surface area contributed by atoms with Crippen LogP contribution in [0.5, 0.6) is 0 Å². The van der Waals surface area contributed by atoms with Crippen LogP contribution in [0.2, 0.25) is 0 Å². The molecule has 1 atom stereocenters.